The number of ether oxygens (including phenoxy) is 1. The van der Waals surface area contributed by atoms with Crippen molar-refractivity contribution in [3.63, 3.8) is 0 Å². The van der Waals surface area contributed by atoms with E-state index in [-0.39, 0.29) is 11.5 Å². The zero-order chi connectivity index (χ0) is 19.7. The summed E-state index contributed by atoms with van der Waals surface area (Å²) in [6.45, 7) is 4.50. The van der Waals surface area contributed by atoms with Crippen molar-refractivity contribution in [3.05, 3.63) is 89.6 Å². The summed E-state index contributed by atoms with van der Waals surface area (Å²) in [4.78, 5) is 13.3. The van der Waals surface area contributed by atoms with Crippen molar-refractivity contribution in [3.8, 4) is 17.2 Å². The van der Waals surface area contributed by atoms with E-state index >= 15 is 0 Å². The molecular weight excluding hydrogens is 350 g/mol. The van der Waals surface area contributed by atoms with E-state index in [1.165, 1.54) is 0 Å². The van der Waals surface area contributed by atoms with E-state index in [1.807, 2.05) is 79.1 Å². The van der Waals surface area contributed by atoms with Crippen LogP contribution < -0.4 is 4.74 Å². The molecule has 140 valence electrons. The molecule has 0 atom stereocenters. The molecule has 4 rings (SSSR count). The maximum Gasteiger partial charge on any atom is 0.195 e. The molecule has 1 aromatic heterocycles. The molecule has 4 nitrogen and oxygen atoms in total. The first kappa shape index (κ1) is 17.9. The Hall–Kier alpha value is -3.53. The van der Waals surface area contributed by atoms with Crippen LogP contribution >= 0.6 is 0 Å². The molecule has 4 heteroatoms. The maximum atomic E-state index is 13.3. The van der Waals surface area contributed by atoms with Crippen molar-refractivity contribution >= 4 is 16.7 Å². The molecule has 0 fully saturated rings. The smallest absolute Gasteiger partial charge is 0.195 e. The van der Waals surface area contributed by atoms with Gasteiger partial charge in [0.1, 0.15) is 11.5 Å². The molecular formula is C24H21NO3. The molecule has 0 unspecified atom stereocenters. The van der Waals surface area contributed by atoms with Gasteiger partial charge in [-0.1, -0.05) is 30.3 Å². The highest BCUT2D eigenvalue weighted by Crippen LogP contribution is 2.33. The number of aromatic nitrogens is 1. The van der Waals surface area contributed by atoms with Gasteiger partial charge in [-0.25, -0.2) is 0 Å². The average molecular weight is 371 g/mol. The van der Waals surface area contributed by atoms with Crippen LogP contribution in [0.2, 0.25) is 0 Å². The third-order valence-corrected chi connectivity index (χ3v) is 4.86. The van der Waals surface area contributed by atoms with Crippen molar-refractivity contribution in [2.24, 2.45) is 0 Å². The molecule has 0 saturated heterocycles. The van der Waals surface area contributed by atoms with E-state index in [1.54, 1.807) is 12.1 Å². The molecule has 0 amide bonds. The van der Waals surface area contributed by atoms with Crippen molar-refractivity contribution in [2.45, 2.75) is 13.8 Å². The molecule has 0 spiro atoms. The quantitative estimate of drug-likeness (QED) is 0.486. The molecule has 0 aliphatic rings. The summed E-state index contributed by atoms with van der Waals surface area (Å²) >= 11 is 0. The fourth-order valence-electron chi connectivity index (χ4n) is 3.62. The first-order chi connectivity index (χ1) is 13.6. The predicted molar refractivity (Wildman–Crippen MR) is 111 cm³/mol. The number of carbonyl (C=O) groups excluding carboxylic acids is 1. The molecule has 0 aliphatic heterocycles. The van der Waals surface area contributed by atoms with Crippen LogP contribution in [-0.2, 0) is 0 Å². The number of hydrogen-bond donors (Lipinski definition) is 1. The third kappa shape index (κ3) is 3.03. The van der Waals surface area contributed by atoms with Crippen LogP contribution in [0.25, 0.3) is 16.6 Å². The second-order valence-electron chi connectivity index (χ2n) is 6.62. The fourth-order valence-corrected chi connectivity index (χ4v) is 3.62. The van der Waals surface area contributed by atoms with E-state index in [0.29, 0.717) is 17.7 Å². The number of benzene rings is 3. The normalized spacial score (nSPS) is 10.9. The van der Waals surface area contributed by atoms with E-state index < -0.39 is 0 Å². The summed E-state index contributed by atoms with van der Waals surface area (Å²) in [5.74, 6) is 0.885. The van der Waals surface area contributed by atoms with Crippen molar-refractivity contribution in [1.82, 2.24) is 4.57 Å². The van der Waals surface area contributed by atoms with Crippen LogP contribution in [0, 0.1) is 6.92 Å². The van der Waals surface area contributed by atoms with Gasteiger partial charge in [0, 0.05) is 22.3 Å². The van der Waals surface area contributed by atoms with Crippen molar-refractivity contribution in [2.75, 3.05) is 6.61 Å². The van der Waals surface area contributed by atoms with Gasteiger partial charge in [0.15, 0.2) is 5.78 Å². The minimum absolute atomic E-state index is 0.0570. The van der Waals surface area contributed by atoms with Crippen LogP contribution in [0.15, 0.2) is 72.8 Å². The summed E-state index contributed by atoms with van der Waals surface area (Å²) in [5.41, 5.74) is 3.87. The summed E-state index contributed by atoms with van der Waals surface area (Å²) in [6, 6.07) is 22.1. The number of nitrogens with zero attached hydrogens (tertiary/aromatic N) is 1. The summed E-state index contributed by atoms with van der Waals surface area (Å²) in [5, 5.41) is 10.8. The van der Waals surface area contributed by atoms with Gasteiger partial charge in [-0.2, -0.15) is 0 Å². The Morgan fingerprint density at radius 1 is 1.00 bits per heavy atom. The second-order valence-corrected chi connectivity index (χ2v) is 6.62. The molecule has 0 aliphatic carbocycles. The molecule has 1 heterocycles. The maximum absolute atomic E-state index is 13.3. The Balaban J connectivity index is 1.93. The highest BCUT2D eigenvalue weighted by molar-refractivity contribution is 6.18. The number of hydrogen-bond acceptors (Lipinski definition) is 3. The summed E-state index contributed by atoms with van der Waals surface area (Å²) < 4.78 is 7.58. The minimum atomic E-state index is -0.0570. The molecule has 0 bridgehead atoms. The Labute approximate surface area is 163 Å². The first-order valence-corrected chi connectivity index (χ1v) is 9.27. The molecule has 4 aromatic rings. The van der Waals surface area contributed by atoms with Crippen LogP contribution in [0.3, 0.4) is 0 Å². The van der Waals surface area contributed by atoms with Gasteiger partial charge in [0.05, 0.1) is 17.7 Å². The number of rotatable bonds is 5. The van der Waals surface area contributed by atoms with Crippen LogP contribution in [0.1, 0.15) is 28.5 Å². The van der Waals surface area contributed by atoms with E-state index in [2.05, 4.69) is 0 Å². The first-order valence-electron chi connectivity index (χ1n) is 9.27. The molecule has 0 radical (unpaired) electrons. The fraction of sp³-hybridized carbons (Fsp3) is 0.125. The van der Waals surface area contributed by atoms with Gasteiger partial charge >= 0.3 is 0 Å². The third-order valence-electron chi connectivity index (χ3n) is 4.86. The zero-order valence-corrected chi connectivity index (χ0v) is 15.8. The number of ketones is 1. The summed E-state index contributed by atoms with van der Waals surface area (Å²) in [6.07, 6.45) is 0. The van der Waals surface area contributed by atoms with Gasteiger partial charge in [-0.3, -0.25) is 4.79 Å². The highest BCUT2D eigenvalue weighted by atomic mass is 16.5. The van der Waals surface area contributed by atoms with Gasteiger partial charge < -0.3 is 14.4 Å². The lowest BCUT2D eigenvalue weighted by Crippen LogP contribution is -2.04. The second kappa shape index (κ2) is 7.24. The standard InChI is InChI=1S/C24H21NO3/c1-3-28-20-12-9-18(10-13-20)25-16(2)23(21-15-19(26)11-14-22(21)25)24(27)17-7-5-4-6-8-17/h4-15,26H,3H2,1-2H3. The van der Waals surface area contributed by atoms with Crippen LogP contribution in [0.4, 0.5) is 0 Å². The zero-order valence-electron chi connectivity index (χ0n) is 15.8. The molecule has 28 heavy (non-hydrogen) atoms. The largest absolute Gasteiger partial charge is 0.508 e. The minimum Gasteiger partial charge on any atom is -0.508 e. The Morgan fingerprint density at radius 2 is 1.71 bits per heavy atom. The topological polar surface area (TPSA) is 51.5 Å². The summed E-state index contributed by atoms with van der Waals surface area (Å²) in [7, 11) is 0. The monoisotopic (exact) mass is 371 g/mol. The van der Waals surface area contributed by atoms with Crippen molar-refractivity contribution in [1.29, 1.82) is 0 Å². The lowest BCUT2D eigenvalue weighted by molar-refractivity contribution is 0.103. The number of phenolic OH excluding ortho intramolecular Hbond substituents is 1. The van der Waals surface area contributed by atoms with E-state index in [9.17, 15) is 9.90 Å². The van der Waals surface area contributed by atoms with E-state index in [0.717, 1.165) is 28.0 Å². The average Bonchev–Trinajstić information content (AvgIpc) is 3.00. The number of aromatic hydroxyl groups is 1. The number of carbonyl (C=O) groups is 1. The van der Waals surface area contributed by atoms with Crippen molar-refractivity contribution < 1.29 is 14.6 Å². The van der Waals surface area contributed by atoms with Gasteiger partial charge in [-0.15, -0.1) is 0 Å². The van der Waals surface area contributed by atoms with Crippen LogP contribution in [0.5, 0.6) is 11.5 Å². The Bertz CT molecular complexity index is 1140. The highest BCUT2D eigenvalue weighted by Gasteiger charge is 2.22. The SMILES string of the molecule is CCOc1ccc(-n2c(C)c(C(=O)c3ccccc3)c3cc(O)ccc32)cc1. The molecule has 0 saturated carbocycles. The predicted octanol–water partition coefficient (Wildman–Crippen LogP) is 5.27. The Morgan fingerprint density at radius 3 is 2.39 bits per heavy atom. The lowest BCUT2D eigenvalue weighted by atomic mass is 10.0. The van der Waals surface area contributed by atoms with Gasteiger partial charge in [0.25, 0.3) is 0 Å². The molecule has 1 N–H and O–H groups in total. The molecule has 3 aromatic carbocycles. The van der Waals surface area contributed by atoms with Gasteiger partial charge in [-0.05, 0) is 56.3 Å². The van der Waals surface area contributed by atoms with Gasteiger partial charge in [0.2, 0.25) is 0 Å². The Kier molecular flexibility index (Phi) is 4.62. The number of fused-ring (bicyclic) bond motifs is 1. The lowest BCUT2D eigenvalue weighted by Gasteiger charge is -2.10. The van der Waals surface area contributed by atoms with Crippen LogP contribution in [-0.4, -0.2) is 22.1 Å². The van der Waals surface area contributed by atoms with E-state index in [4.69, 9.17) is 4.74 Å². The number of phenols is 1.